The first-order valence-electron chi connectivity index (χ1n) is 5.46. The number of anilines is 1. The van der Waals surface area contributed by atoms with Crippen molar-refractivity contribution in [2.45, 2.75) is 18.9 Å². The number of rotatable bonds is 2. The van der Waals surface area contributed by atoms with Gasteiger partial charge in [0, 0.05) is 12.2 Å². The minimum atomic E-state index is -0.166. The Morgan fingerprint density at radius 2 is 2.24 bits per heavy atom. The molecule has 0 aliphatic carbocycles. The van der Waals surface area contributed by atoms with Crippen molar-refractivity contribution in [3.05, 3.63) is 22.8 Å². The number of aromatic nitrogens is 1. The fourth-order valence-corrected chi connectivity index (χ4v) is 3.03. The first-order valence-corrected chi connectivity index (χ1v) is 6.99. The van der Waals surface area contributed by atoms with Crippen molar-refractivity contribution in [1.29, 1.82) is 0 Å². The third-order valence-electron chi connectivity index (χ3n) is 2.68. The molecule has 0 saturated carbocycles. The van der Waals surface area contributed by atoms with E-state index in [4.69, 9.17) is 17.3 Å². The number of nitrogens with two attached hydrogens (primary N) is 1. The monoisotopic (exact) mass is 271 g/mol. The second kappa shape index (κ2) is 5.60. The Balaban J connectivity index is 2.05. The number of carbonyl (C=O) groups is 1. The molecule has 0 atom stereocenters. The lowest BCUT2D eigenvalue weighted by molar-refractivity contribution is 0.0935. The predicted octanol–water partition coefficient (Wildman–Crippen LogP) is 1.94. The van der Waals surface area contributed by atoms with Gasteiger partial charge in [-0.15, -0.1) is 0 Å². The molecule has 1 aromatic heterocycles. The van der Waals surface area contributed by atoms with Crippen LogP contribution in [0.5, 0.6) is 0 Å². The largest absolute Gasteiger partial charge is 0.384 e. The van der Waals surface area contributed by atoms with E-state index in [0.29, 0.717) is 16.4 Å². The van der Waals surface area contributed by atoms with E-state index in [-0.39, 0.29) is 11.9 Å². The van der Waals surface area contributed by atoms with Crippen LogP contribution < -0.4 is 11.1 Å². The number of halogens is 1. The summed E-state index contributed by atoms with van der Waals surface area (Å²) in [6.07, 6.45) is 3.42. The van der Waals surface area contributed by atoms with Gasteiger partial charge in [-0.3, -0.25) is 4.79 Å². The minimum Gasteiger partial charge on any atom is -0.384 e. The Morgan fingerprint density at radius 1 is 1.53 bits per heavy atom. The summed E-state index contributed by atoms with van der Waals surface area (Å²) in [6, 6.07) is 1.75. The van der Waals surface area contributed by atoms with Crippen LogP contribution in [-0.2, 0) is 0 Å². The lowest BCUT2D eigenvalue weighted by Crippen LogP contribution is -2.37. The van der Waals surface area contributed by atoms with E-state index in [1.807, 2.05) is 11.8 Å². The van der Waals surface area contributed by atoms with Crippen LogP contribution in [0.4, 0.5) is 5.82 Å². The van der Waals surface area contributed by atoms with Crippen LogP contribution in [0.25, 0.3) is 0 Å². The molecule has 0 spiro atoms. The van der Waals surface area contributed by atoms with Gasteiger partial charge < -0.3 is 11.1 Å². The van der Waals surface area contributed by atoms with Gasteiger partial charge in [-0.25, -0.2) is 4.98 Å². The molecule has 3 N–H and O–H groups in total. The number of carbonyl (C=O) groups excluding carboxylic acids is 1. The molecule has 1 aromatic rings. The molecule has 1 aliphatic heterocycles. The van der Waals surface area contributed by atoms with Crippen molar-refractivity contribution < 1.29 is 4.79 Å². The van der Waals surface area contributed by atoms with Gasteiger partial charge in [-0.1, -0.05) is 11.6 Å². The van der Waals surface area contributed by atoms with Gasteiger partial charge in [0.25, 0.3) is 5.91 Å². The summed E-state index contributed by atoms with van der Waals surface area (Å²) in [5.41, 5.74) is 5.95. The summed E-state index contributed by atoms with van der Waals surface area (Å²) in [7, 11) is 0. The lowest BCUT2D eigenvalue weighted by Gasteiger charge is -2.22. The van der Waals surface area contributed by atoms with Crippen molar-refractivity contribution in [2.24, 2.45) is 0 Å². The third kappa shape index (κ3) is 3.26. The van der Waals surface area contributed by atoms with Crippen molar-refractivity contribution in [3.8, 4) is 0 Å². The second-order valence-electron chi connectivity index (χ2n) is 3.95. The summed E-state index contributed by atoms with van der Waals surface area (Å²) in [6.45, 7) is 0. The Kier molecular flexibility index (Phi) is 4.12. The molecular formula is C11H14ClN3OS. The van der Waals surface area contributed by atoms with Gasteiger partial charge in [-0.2, -0.15) is 11.8 Å². The number of amides is 1. The Morgan fingerprint density at radius 3 is 2.94 bits per heavy atom. The van der Waals surface area contributed by atoms with Crippen LogP contribution in [0, 0.1) is 0 Å². The van der Waals surface area contributed by atoms with Gasteiger partial charge in [0.2, 0.25) is 0 Å². The number of hydrogen-bond acceptors (Lipinski definition) is 4. The van der Waals surface area contributed by atoms with Crippen LogP contribution in [0.15, 0.2) is 12.3 Å². The Bertz CT molecular complexity index is 421. The summed E-state index contributed by atoms with van der Waals surface area (Å²) >= 11 is 7.85. The van der Waals surface area contributed by atoms with E-state index >= 15 is 0 Å². The summed E-state index contributed by atoms with van der Waals surface area (Å²) < 4.78 is 0. The molecule has 1 fully saturated rings. The number of hydrogen-bond donors (Lipinski definition) is 2. The number of thioether (sulfide) groups is 1. The average Bonchev–Trinajstić information content (AvgIpc) is 2.33. The smallest absolute Gasteiger partial charge is 0.253 e. The summed E-state index contributed by atoms with van der Waals surface area (Å²) in [5.74, 6) is 2.33. The fourth-order valence-electron chi connectivity index (χ4n) is 1.73. The van der Waals surface area contributed by atoms with E-state index in [1.54, 1.807) is 0 Å². The first kappa shape index (κ1) is 12.5. The number of nitrogens with one attached hydrogen (secondary N) is 1. The maximum atomic E-state index is 12.0. The maximum Gasteiger partial charge on any atom is 0.253 e. The highest BCUT2D eigenvalue weighted by molar-refractivity contribution is 7.99. The van der Waals surface area contributed by atoms with Crippen molar-refractivity contribution in [3.63, 3.8) is 0 Å². The molecule has 1 saturated heterocycles. The minimum absolute atomic E-state index is 0.166. The van der Waals surface area contributed by atoms with Gasteiger partial charge in [0.15, 0.2) is 0 Å². The van der Waals surface area contributed by atoms with E-state index in [0.717, 1.165) is 24.3 Å². The lowest BCUT2D eigenvalue weighted by atomic mass is 10.1. The van der Waals surface area contributed by atoms with E-state index in [1.165, 1.54) is 12.3 Å². The van der Waals surface area contributed by atoms with E-state index < -0.39 is 0 Å². The SMILES string of the molecule is Nc1cc(C(=O)NC2CCSCC2)c(Cl)cn1. The number of nitrogens with zero attached hydrogens (tertiary/aromatic N) is 1. The predicted molar refractivity (Wildman–Crippen MR) is 71.5 cm³/mol. The van der Waals surface area contributed by atoms with Gasteiger partial charge in [0.05, 0.1) is 10.6 Å². The zero-order chi connectivity index (χ0) is 12.3. The van der Waals surface area contributed by atoms with Crippen LogP contribution in [0.3, 0.4) is 0 Å². The third-order valence-corrected chi connectivity index (χ3v) is 4.03. The van der Waals surface area contributed by atoms with Crippen LogP contribution in [-0.4, -0.2) is 28.4 Å². The Hall–Kier alpha value is -0.940. The highest BCUT2D eigenvalue weighted by atomic mass is 35.5. The Labute approximate surface area is 109 Å². The normalized spacial score (nSPS) is 16.8. The highest BCUT2D eigenvalue weighted by Crippen LogP contribution is 2.20. The summed E-state index contributed by atoms with van der Waals surface area (Å²) in [4.78, 5) is 15.8. The molecule has 1 amide bonds. The quantitative estimate of drug-likeness (QED) is 0.863. The zero-order valence-electron chi connectivity index (χ0n) is 9.28. The molecule has 0 unspecified atom stereocenters. The molecular weight excluding hydrogens is 258 g/mol. The molecule has 17 heavy (non-hydrogen) atoms. The molecule has 0 bridgehead atoms. The average molecular weight is 272 g/mol. The molecule has 92 valence electrons. The summed E-state index contributed by atoms with van der Waals surface area (Å²) in [5, 5.41) is 3.32. The molecule has 0 aromatic carbocycles. The molecule has 1 aliphatic rings. The maximum absolute atomic E-state index is 12.0. The molecule has 2 heterocycles. The van der Waals surface area contributed by atoms with Gasteiger partial charge in [-0.05, 0) is 30.4 Å². The molecule has 2 rings (SSSR count). The fraction of sp³-hybridized carbons (Fsp3) is 0.455. The number of pyridine rings is 1. The first-order chi connectivity index (χ1) is 8.16. The van der Waals surface area contributed by atoms with E-state index in [2.05, 4.69) is 10.3 Å². The zero-order valence-corrected chi connectivity index (χ0v) is 10.9. The van der Waals surface area contributed by atoms with Gasteiger partial charge in [0.1, 0.15) is 5.82 Å². The molecule has 0 radical (unpaired) electrons. The van der Waals surface area contributed by atoms with Crippen LogP contribution >= 0.6 is 23.4 Å². The van der Waals surface area contributed by atoms with Crippen molar-refractivity contribution in [1.82, 2.24) is 10.3 Å². The van der Waals surface area contributed by atoms with E-state index in [9.17, 15) is 4.79 Å². The standard InChI is InChI=1S/C11H14ClN3OS/c12-9-6-14-10(13)5-8(9)11(16)15-7-1-3-17-4-2-7/h5-7H,1-4H2,(H2,13,14)(H,15,16). The van der Waals surface area contributed by atoms with Crippen molar-refractivity contribution >= 4 is 35.1 Å². The number of nitrogen functional groups attached to an aromatic ring is 1. The van der Waals surface area contributed by atoms with Crippen molar-refractivity contribution in [2.75, 3.05) is 17.2 Å². The van der Waals surface area contributed by atoms with Crippen LogP contribution in [0.1, 0.15) is 23.2 Å². The van der Waals surface area contributed by atoms with Crippen LogP contribution in [0.2, 0.25) is 5.02 Å². The topological polar surface area (TPSA) is 68.0 Å². The molecule has 4 nitrogen and oxygen atoms in total. The second-order valence-corrected chi connectivity index (χ2v) is 5.58. The highest BCUT2D eigenvalue weighted by Gasteiger charge is 2.18. The molecule has 6 heteroatoms. The van der Waals surface area contributed by atoms with Gasteiger partial charge >= 0.3 is 0 Å².